The molecule has 66 valence electrons. The number of aliphatic hydroxyl groups excluding tert-OH is 1. The van der Waals surface area contributed by atoms with E-state index < -0.39 is 9.84 Å². The van der Waals surface area contributed by atoms with Crippen molar-refractivity contribution < 1.29 is 13.5 Å². The molecule has 4 heteroatoms. The number of hydrogen-bond acceptors (Lipinski definition) is 3. The van der Waals surface area contributed by atoms with Crippen LogP contribution in [0.4, 0.5) is 0 Å². The molecule has 0 amide bonds. The van der Waals surface area contributed by atoms with E-state index in [1.54, 1.807) is 0 Å². The van der Waals surface area contributed by atoms with Gasteiger partial charge in [-0.2, -0.15) is 0 Å². The lowest BCUT2D eigenvalue weighted by molar-refractivity contribution is 0.343. The van der Waals surface area contributed by atoms with E-state index in [1.807, 2.05) is 6.92 Å². The van der Waals surface area contributed by atoms with Gasteiger partial charge >= 0.3 is 0 Å². The molecule has 0 aliphatic carbocycles. The minimum absolute atomic E-state index is 0.181. The molecule has 0 spiro atoms. The fraction of sp³-hybridized carbons (Fsp3) is 0.714. The fourth-order valence-corrected chi connectivity index (χ4v) is 1.81. The maximum Gasteiger partial charge on any atom is 0.171 e. The standard InChI is InChI=1S/C7H14O3S/c1-2-3-6-11(9,10)7-4-5-8/h4,7-8H,2-3,5-6H2,1H3. The van der Waals surface area contributed by atoms with Gasteiger partial charge in [-0.1, -0.05) is 13.3 Å². The van der Waals surface area contributed by atoms with Crippen LogP contribution in [0.2, 0.25) is 0 Å². The molecule has 0 radical (unpaired) electrons. The predicted molar refractivity (Wildman–Crippen MR) is 44.9 cm³/mol. The van der Waals surface area contributed by atoms with E-state index in [1.165, 1.54) is 6.08 Å². The van der Waals surface area contributed by atoms with Crippen molar-refractivity contribution in [2.24, 2.45) is 0 Å². The van der Waals surface area contributed by atoms with Gasteiger partial charge < -0.3 is 5.11 Å². The van der Waals surface area contributed by atoms with Crippen LogP contribution in [0.3, 0.4) is 0 Å². The Balaban J connectivity index is 3.92. The van der Waals surface area contributed by atoms with Crippen molar-refractivity contribution in [3.8, 4) is 0 Å². The van der Waals surface area contributed by atoms with Crippen LogP contribution in [-0.4, -0.2) is 25.9 Å². The zero-order valence-corrected chi connectivity index (χ0v) is 7.47. The van der Waals surface area contributed by atoms with Crippen LogP contribution in [0.5, 0.6) is 0 Å². The number of unbranched alkanes of at least 4 members (excludes halogenated alkanes) is 1. The molecule has 0 aromatic rings. The van der Waals surface area contributed by atoms with Crippen molar-refractivity contribution in [1.29, 1.82) is 0 Å². The first-order valence-corrected chi connectivity index (χ1v) is 5.34. The van der Waals surface area contributed by atoms with Crippen LogP contribution in [0.25, 0.3) is 0 Å². The second kappa shape index (κ2) is 5.32. The molecule has 0 saturated carbocycles. The Morgan fingerprint density at radius 2 is 2.09 bits per heavy atom. The summed E-state index contributed by atoms with van der Waals surface area (Å²) < 4.78 is 21.9. The number of aliphatic hydroxyl groups is 1. The molecular weight excluding hydrogens is 164 g/mol. The molecule has 0 bridgehead atoms. The lowest BCUT2D eigenvalue weighted by atomic mass is 10.4. The lowest BCUT2D eigenvalue weighted by Gasteiger charge is -1.94. The highest BCUT2D eigenvalue weighted by atomic mass is 32.2. The Kier molecular flexibility index (Phi) is 5.15. The quantitative estimate of drug-likeness (QED) is 0.674. The molecule has 0 saturated heterocycles. The summed E-state index contributed by atoms with van der Waals surface area (Å²) in [5, 5.41) is 9.38. The molecule has 1 N–H and O–H groups in total. The van der Waals surface area contributed by atoms with Crippen molar-refractivity contribution >= 4 is 9.84 Å². The molecule has 0 unspecified atom stereocenters. The van der Waals surface area contributed by atoms with E-state index in [0.29, 0.717) is 6.42 Å². The average Bonchev–Trinajstić information content (AvgIpc) is 1.97. The number of hydrogen-bond donors (Lipinski definition) is 1. The Bertz CT molecular complexity index is 204. The summed E-state index contributed by atoms with van der Waals surface area (Å²) in [7, 11) is -3.05. The monoisotopic (exact) mass is 178 g/mol. The third-order valence-corrected chi connectivity index (χ3v) is 2.66. The van der Waals surface area contributed by atoms with Crippen molar-refractivity contribution in [2.45, 2.75) is 19.8 Å². The smallest absolute Gasteiger partial charge is 0.171 e. The van der Waals surface area contributed by atoms with Gasteiger partial charge in [0.25, 0.3) is 0 Å². The molecule has 11 heavy (non-hydrogen) atoms. The van der Waals surface area contributed by atoms with E-state index in [-0.39, 0.29) is 12.4 Å². The first-order valence-electron chi connectivity index (χ1n) is 3.62. The minimum Gasteiger partial charge on any atom is -0.392 e. The Morgan fingerprint density at radius 1 is 1.45 bits per heavy atom. The zero-order chi connectivity index (χ0) is 8.74. The maximum absolute atomic E-state index is 11.0. The topological polar surface area (TPSA) is 54.4 Å². The molecule has 0 heterocycles. The average molecular weight is 178 g/mol. The van der Waals surface area contributed by atoms with Crippen molar-refractivity contribution in [3.05, 3.63) is 11.5 Å². The van der Waals surface area contributed by atoms with Gasteiger partial charge in [0.2, 0.25) is 0 Å². The van der Waals surface area contributed by atoms with Gasteiger partial charge in [0.15, 0.2) is 9.84 Å². The summed E-state index contributed by atoms with van der Waals surface area (Å²) in [5.74, 6) is 0.181. The number of rotatable bonds is 5. The van der Waals surface area contributed by atoms with Crippen LogP contribution in [0, 0.1) is 0 Å². The molecule has 0 aromatic carbocycles. The Morgan fingerprint density at radius 3 is 2.55 bits per heavy atom. The Hall–Kier alpha value is -0.350. The maximum atomic E-state index is 11.0. The van der Waals surface area contributed by atoms with Crippen LogP contribution in [-0.2, 0) is 9.84 Å². The summed E-state index contributed by atoms with van der Waals surface area (Å²) >= 11 is 0. The largest absolute Gasteiger partial charge is 0.392 e. The summed E-state index contributed by atoms with van der Waals surface area (Å²) in [4.78, 5) is 0. The predicted octanol–water partition coefficient (Wildman–Crippen LogP) is 0.707. The first kappa shape index (κ1) is 10.7. The lowest BCUT2D eigenvalue weighted by Crippen LogP contribution is -2.01. The van der Waals surface area contributed by atoms with Crippen LogP contribution < -0.4 is 0 Å². The summed E-state index contributed by atoms with van der Waals surface area (Å²) in [6.07, 6.45) is 2.79. The minimum atomic E-state index is -3.05. The van der Waals surface area contributed by atoms with Crippen LogP contribution in [0.15, 0.2) is 11.5 Å². The van der Waals surface area contributed by atoms with Gasteiger partial charge in [0.05, 0.1) is 12.4 Å². The summed E-state index contributed by atoms with van der Waals surface area (Å²) in [5.41, 5.74) is 0. The van der Waals surface area contributed by atoms with Crippen LogP contribution in [0.1, 0.15) is 19.8 Å². The third kappa shape index (κ3) is 6.06. The van der Waals surface area contributed by atoms with E-state index in [9.17, 15) is 8.42 Å². The summed E-state index contributed by atoms with van der Waals surface area (Å²) in [6, 6.07) is 0. The molecule has 3 nitrogen and oxygen atoms in total. The van der Waals surface area contributed by atoms with Gasteiger partial charge in [-0.25, -0.2) is 8.42 Å². The third-order valence-electron chi connectivity index (χ3n) is 1.19. The van der Waals surface area contributed by atoms with E-state index in [2.05, 4.69) is 0 Å². The Labute approximate surface area is 67.7 Å². The molecule has 0 aliphatic rings. The normalized spacial score (nSPS) is 12.5. The van der Waals surface area contributed by atoms with Crippen LogP contribution >= 0.6 is 0 Å². The fourth-order valence-electron chi connectivity index (χ4n) is 0.603. The van der Waals surface area contributed by atoms with E-state index >= 15 is 0 Å². The van der Waals surface area contributed by atoms with Crippen molar-refractivity contribution in [2.75, 3.05) is 12.4 Å². The molecule has 0 rings (SSSR count). The molecule has 0 atom stereocenters. The van der Waals surface area contributed by atoms with Gasteiger partial charge in [-0.05, 0) is 12.5 Å². The van der Waals surface area contributed by atoms with Gasteiger partial charge in [-0.15, -0.1) is 0 Å². The van der Waals surface area contributed by atoms with Gasteiger partial charge in [0, 0.05) is 5.41 Å². The van der Waals surface area contributed by atoms with E-state index in [4.69, 9.17) is 5.11 Å². The molecule has 0 fully saturated rings. The highest BCUT2D eigenvalue weighted by molar-refractivity contribution is 7.94. The highest BCUT2D eigenvalue weighted by Gasteiger charge is 2.02. The SMILES string of the molecule is CCCCS(=O)(=O)C=CCO. The molecule has 0 aliphatic heterocycles. The van der Waals surface area contributed by atoms with Gasteiger partial charge in [0.1, 0.15) is 0 Å². The van der Waals surface area contributed by atoms with Gasteiger partial charge in [-0.3, -0.25) is 0 Å². The van der Waals surface area contributed by atoms with Crippen molar-refractivity contribution in [1.82, 2.24) is 0 Å². The van der Waals surface area contributed by atoms with Crippen molar-refractivity contribution in [3.63, 3.8) is 0 Å². The first-order chi connectivity index (χ1) is 5.12. The molecular formula is C7H14O3S. The number of sulfone groups is 1. The van der Waals surface area contributed by atoms with E-state index in [0.717, 1.165) is 11.8 Å². The zero-order valence-electron chi connectivity index (χ0n) is 6.66. The summed E-state index contributed by atoms with van der Waals surface area (Å²) in [6.45, 7) is 1.72. The second-order valence-corrected chi connectivity index (χ2v) is 4.28. The second-order valence-electron chi connectivity index (χ2n) is 2.27. The highest BCUT2D eigenvalue weighted by Crippen LogP contribution is 1.97. The molecule has 0 aromatic heterocycles.